The normalized spacial score (nSPS) is 25.2. The third-order valence-corrected chi connectivity index (χ3v) is 5.26. The van der Waals surface area contributed by atoms with Crippen molar-refractivity contribution >= 4 is 11.8 Å². The van der Waals surface area contributed by atoms with Gasteiger partial charge >= 0.3 is 0 Å². The molecule has 1 spiro atoms. The maximum Gasteiger partial charge on any atom is 0.0308 e. The van der Waals surface area contributed by atoms with E-state index < -0.39 is 0 Å². The Kier molecular flexibility index (Phi) is 6.33. The SMILES string of the molecule is CSCCCCN1CCCNC2(CCCCC2)C1. The molecule has 106 valence electrons. The lowest BCUT2D eigenvalue weighted by molar-refractivity contribution is 0.163. The van der Waals surface area contributed by atoms with Crippen molar-refractivity contribution in [3.63, 3.8) is 0 Å². The molecular weight excluding hydrogens is 240 g/mol. The first-order valence-corrected chi connectivity index (χ1v) is 9.20. The lowest BCUT2D eigenvalue weighted by Crippen LogP contribution is -2.52. The first-order valence-electron chi connectivity index (χ1n) is 7.81. The molecule has 0 aromatic heterocycles. The van der Waals surface area contributed by atoms with E-state index in [0.29, 0.717) is 5.54 Å². The standard InChI is InChI=1S/C15H30N2S/c1-18-13-6-5-11-17-12-7-10-16-15(14-17)8-3-2-4-9-15/h16H,2-14H2,1H3. The molecule has 1 saturated carbocycles. The lowest BCUT2D eigenvalue weighted by atomic mass is 9.81. The van der Waals surface area contributed by atoms with E-state index in [0.717, 1.165) is 0 Å². The molecule has 0 atom stereocenters. The summed E-state index contributed by atoms with van der Waals surface area (Å²) in [7, 11) is 0. The molecule has 0 aromatic carbocycles. The molecule has 0 aromatic rings. The molecule has 0 amide bonds. The number of nitrogens with one attached hydrogen (secondary N) is 1. The summed E-state index contributed by atoms with van der Waals surface area (Å²) in [5.74, 6) is 1.33. The predicted molar refractivity (Wildman–Crippen MR) is 82.5 cm³/mol. The van der Waals surface area contributed by atoms with Crippen molar-refractivity contribution in [3.8, 4) is 0 Å². The summed E-state index contributed by atoms with van der Waals surface area (Å²) >= 11 is 1.98. The quantitative estimate of drug-likeness (QED) is 0.773. The molecule has 2 aliphatic rings. The molecule has 18 heavy (non-hydrogen) atoms. The van der Waals surface area contributed by atoms with Gasteiger partial charge in [0.2, 0.25) is 0 Å². The molecule has 1 aliphatic heterocycles. The van der Waals surface area contributed by atoms with Gasteiger partial charge in [0.25, 0.3) is 0 Å². The Balaban J connectivity index is 1.79. The van der Waals surface area contributed by atoms with Crippen LogP contribution in [0.4, 0.5) is 0 Å². The Morgan fingerprint density at radius 3 is 2.72 bits per heavy atom. The molecule has 1 aliphatic carbocycles. The van der Waals surface area contributed by atoms with Gasteiger partial charge in [-0.15, -0.1) is 0 Å². The number of unbranched alkanes of at least 4 members (excludes halogenated alkanes) is 1. The summed E-state index contributed by atoms with van der Waals surface area (Å²) in [6.07, 6.45) is 13.5. The van der Waals surface area contributed by atoms with Gasteiger partial charge in [0, 0.05) is 12.1 Å². The maximum absolute atomic E-state index is 3.88. The number of hydrogen-bond acceptors (Lipinski definition) is 3. The molecule has 1 heterocycles. The van der Waals surface area contributed by atoms with Crippen LogP contribution in [-0.2, 0) is 0 Å². The second-order valence-electron chi connectivity index (χ2n) is 6.10. The Morgan fingerprint density at radius 1 is 1.11 bits per heavy atom. The van der Waals surface area contributed by atoms with Crippen LogP contribution in [0, 0.1) is 0 Å². The van der Waals surface area contributed by atoms with Crippen LogP contribution < -0.4 is 5.32 Å². The summed E-state index contributed by atoms with van der Waals surface area (Å²) in [5.41, 5.74) is 0.480. The zero-order valence-electron chi connectivity index (χ0n) is 12.0. The topological polar surface area (TPSA) is 15.3 Å². The van der Waals surface area contributed by atoms with Crippen LogP contribution in [0.2, 0.25) is 0 Å². The van der Waals surface area contributed by atoms with E-state index in [9.17, 15) is 0 Å². The van der Waals surface area contributed by atoms with E-state index in [4.69, 9.17) is 0 Å². The van der Waals surface area contributed by atoms with E-state index in [1.165, 1.54) is 83.3 Å². The average Bonchev–Trinajstić information content (AvgIpc) is 2.59. The fourth-order valence-corrected chi connectivity index (χ4v) is 4.05. The first-order chi connectivity index (χ1) is 8.85. The second-order valence-corrected chi connectivity index (χ2v) is 7.08. The Morgan fingerprint density at radius 2 is 1.94 bits per heavy atom. The van der Waals surface area contributed by atoms with E-state index in [-0.39, 0.29) is 0 Å². The number of nitrogens with zero attached hydrogens (tertiary/aromatic N) is 1. The van der Waals surface area contributed by atoms with Gasteiger partial charge in [-0.3, -0.25) is 0 Å². The van der Waals surface area contributed by atoms with Crippen LogP contribution in [0.1, 0.15) is 51.4 Å². The monoisotopic (exact) mass is 270 g/mol. The largest absolute Gasteiger partial charge is 0.310 e. The Bertz CT molecular complexity index is 227. The van der Waals surface area contributed by atoms with E-state index in [1.54, 1.807) is 0 Å². The van der Waals surface area contributed by atoms with Gasteiger partial charge in [0.1, 0.15) is 0 Å². The van der Waals surface area contributed by atoms with Gasteiger partial charge in [0.15, 0.2) is 0 Å². The van der Waals surface area contributed by atoms with Crippen molar-refractivity contribution in [1.29, 1.82) is 0 Å². The molecule has 2 nitrogen and oxygen atoms in total. The van der Waals surface area contributed by atoms with Crippen molar-refractivity contribution in [1.82, 2.24) is 10.2 Å². The van der Waals surface area contributed by atoms with Crippen LogP contribution in [-0.4, -0.2) is 48.6 Å². The Labute approximate surface area is 117 Å². The molecule has 0 unspecified atom stereocenters. The minimum atomic E-state index is 0.480. The summed E-state index contributed by atoms with van der Waals surface area (Å²) in [5, 5.41) is 3.88. The van der Waals surface area contributed by atoms with Gasteiger partial charge in [-0.05, 0) is 63.7 Å². The highest BCUT2D eigenvalue weighted by atomic mass is 32.2. The van der Waals surface area contributed by atoms with Crippen molar-refractivity contribution in [2.24, 2.45) is 0 Å². The summed E-state index contributed by atoms with van der Waals surface area (Å²) < 4.78 is 0. The van der Waals surface area contributed by atoms with E-state index in [2.05, 4.69) is 16.5 Å². The van der Waals surface area contributed by atoms with Crippen LogP contribution in [0.5, 0.6) is 0 Å². The van der Waals surface area contributed by atoms with Crippen LogP contribution in [0.15, 0.2) is 0 Å². The average molecular weight is 270 g/mol. The van der Waals surface area contributed by atoms with Gasteiger partial charge < -0.3 is 10.2 Å². The van der Waals surface area contributed by atoms with Crippen molar-refractivity contribution < 1.29 is 0 Å². The number of rotatable bonds is 5. The molecule has 3 heteroatoms. The minimum absolute atomic E-state index is 0.480. The zero-order chi connectivity index (χ0) is 12.7. The maximum atomic E-state index is 3.88. The highest BCUT2D eigenvalue weighted by molar-refractivity contribution is 7.98. The van der Waals surface area contributed by atoms with Gasteiger partial charge in [-0.25, -0.2) is 0 Å². The molecule has 1 saturated heterocycles. The van der Waals surface area contributed by atoms with Crippen LogP contribution in [0.25, 0.3) is 0 Å². The smallest absolute Gasteiger partial charge is 0.0308 e. The molecule has 2 rings (SSSR count). The third-order valence-electron chi connectivity index (χ3n) is 4.56. The van der Waals surface area contributed by atoms with Gasteiger partial charge in [0.05, 0.1) is 0 Å². The van der Waals surface area contributed by atoms with Crippen LogP contribution in [0.3, 0.4) is 0 Å². The molecule has 0 bridgehead atoms. The minimum Gasteiger partial charge on any atom is -0.310 e. The lowest BCUT2D eigenvalue weighted by Gasteiger charge is -2.40. The van der Waals surface area contributed by atoms with E-state index >= 15 is 0 Å². The summed E-state index contributed by atoms with van der Waals surface area (Å²) in [4.78, 5) is 2.74. The first kappa shape index (κ1) is 14.7. The zero-order valence-corrected chi connectivity index (χ0v) is 12.9. The highest BCUT2D eigenvalue weighted by Gasteiger charge is 2.34. The third kappa shape index (κ3) is 4.43. The molecule has 1 N–H and O–H groups in total. The number of hydrogen-bond donors (Lipinski definition) is 1. The van der Waals surface area contributed by atoms with E-state index in [1.807, 2.05) is 11.8 Å². The second kappa shape index (κ2) is 7.76. The molecule has 2 fully saturated rings. The molecule has 0 radical (unpaired) electrons. The fourth-order valence-electron chi connectivity index (χ4n) is 3.56. The Hall–Kier alpha value is 0.270. The van der Waals surface area contributed by atoms with Gasteiger partial charge in [-0.2, -0.15) is 11.8 Å². The van der Waals surface area contributed by atoms with Crippen molar-refractivity contribution in [2.45, 2.75) is 56.9 Å². The number of thioether (sulfide) groups is 1. The highest BCUT2D eigenvalue weighted by Crippen LogP contribution is 2.30. The predicted octanol–water partition coefficient (Wildman–Crippen LogP) is 3.13. The van der Waals surface area contributed by atoms with Gasteiger partial charge in [-0.1, -0.05) is 19.3 Å². The van der Waals surface area contributed by atoms with Crippen molar-refractivity contribution in [2.75, 3.05) is 38.2 Å². The van der Waals surface area contributed by atoms with Crippen molar-refractivity contribution in [3.05, 3.63) is 0 Å². The summed E-state index contributed by atoms with van der Waals surface area (Å²) in [6.45, 7) is 5.19. The fraction of sp³-hybridized carbons (Fsp3) is 1.00. The summed E-state index contributed by atoms with van der Waals surface area (Å²) in [6, 6.07) is 0. The molecular formula is C15H30N2S. The van der Waals surface area contributed by atoms with Crippen LogP contribution >= 0.6 is 11.8 Å².